The lowest BCUT2D eigenvalue weighted by Gasteiger charge is -2.25. The van der Waals surface area contributed by atoms with E-state index in [4.69, 9.17) is 0 Å². The molecule has 1 fully saturated rings. The minimum atomic E-state index is -0.233. The second-order valence-electron chi connectivity index (χ2n) is 6.28. The average molecular weight is 288 g/mol. The van der Waals surface area contributed by atoms with Crippen LogP contribution in [0, 0.1) is 13.8 Å². The first-order valence-corrected chi connectivity index (χ1v) is 7.77. The number of hydrogen-bond donors (Lipinski definition) is 1. The highest BCUT2D eigenvalue weighted by molar-refractivity contribution is 5.35. The number of nitrogens with zero attached hydrogens (tertiary/aromatic N) is 4. The van der Waals surface area contributed by atoms with Crippen molar-refractivity contribution in [3.8, 4) is 0 Å². The highest BCUT2D eigenvalue weighted by Crippen LogP contribution is 2.24. The molecule has 3 heterocycles. The first kappa shape index (κ1) is 14.5. The van der Waals surface area contributed by atoms with E-state index in [9.17, 15) is 5.11 Å². The van der Waals surface area contributed by atoms with Gasteiger partial charge in [-0.2, -0.15) is 0 Å². The molecule has 0 bridgehead atoms. The van der Waals surface area contributed by atoms with Gasteiger partial charge in [0.05, 0.1) is 18.0 Å². The van der Waals surface area contributed by atoms with Crippen molar-refractivity contribution in [2.75, 3.05) is 6.54 Å². The third kappa shape index (κ3) is 2.94. The largest absolute Gasteiger partial charge is 0.393 e. The maximum absolute atomic E-state index is 9.65. The fourth-order valence-electron chi connectivity index (χ4n) is 3.48. The van der Waals surface area contributed by atoms with Gasteiger partial charge in [-0.3, -0.25) is 9.30 Å². The van der Waals surface area contributed by atoms with Crippen LogP contribution in [0.3, 0.4) is 0 Å². The van der Waals surface area contributed by atoms with Crippen LogP contribution in [0.1, 0.15) is 43.3 Å². The molecule has 0 amide bonds. The molecule has 0 aliphatic carbocycles. The lowest BCUT2D eigenvalue weighted by atomic mass is 10.1. The standard InChI is InChI=1S/C16H24N4O/c1-11-7-12(2)20-15(9-17-16(20)18-11)10-19-6-4-5-14(19)8-13(3)21/h7,9,13-14,21H,4-6,8,10H2,1-3H3. The summed E-state index contributed by atoms with van der Waals surface area (Å²) in [5.41, 5.74) is 3.37. The third-order valence-electron chi connectivity index (χ3n) is 4.34. The SMILES string of the molecule is Cc1cc(C)n2c(CN3CCCC3CC(C)O)cnc2n1. The van der Waals surface area contributed by atoms with Crippen LogP contribution >= 0.6 is 0 Å². The first-order valence-electron chi connectivity index (χ1n) is 7.77. The maximum atomic E-state index is 9.65. The summed E-state index contributed by atoms with van der Waals surface area (Å²) in [5.74, 6) is 0.786. The maximum Gasteiger partial charge on any atom is 0.234 e. The molecule has 1 aliphatic rings. The molecular weight excluding hydrogens is 264 g/mol. The van der Waals surface area contributed by atoms with Crippen molar-refractivity contribution >= 4 is 5.78 Å². The number of likely N-dealkylation sites (tertiary alicyclic amines) is 1. The van der Waals surface area contributed by atoms with Crippen molar-refractivity contribution in [2.24, 2.45) is 0 Å². The molecule has 0 radical (unpaired) electrons. The second-order valence-corrected chi connectivity index (χ2v) is 6.28. The Bertz CT molecular complexity index is 634. The topological polar surface area (TPSA) is 53.7 Å². The Morgan fingerprint density at radius 3 is 3.00 bits per heavy atom. The summed E-state index contributed by atoms with van der Waals surface area (Å²) in [5, 5.41) is 9.65. The molecule has 1 saturated heterocycles. The zero-order valence-electron chi connectivity index (χ0n) is 13.1. The van der Waals surface area contributed by atoms with E-state index >= 15 is 0 Å². The zero-order chi connectivity index (χ0) is 15.0. The van der Waals surface area contributed by atoms with Crippen LogP contribution in [-0.4, -0.2) is 43.1 Å². The number of aliphatic hydroxyl groups excluding tert-OH is 1. The van der Waals surface area contributed by atoms with Crippen molar-refractivity contribution in [3.63, 3.8) is 0 Å². The number of fused-ring (bicyclic) bond motifs is 1. The summed E-state index contributed by atoms with van der Waals surface area (Å²) < 4.78 is 2.14. The van der Waals surface area contributed by atoms with Gasteiger partial charge in [-0.15, -0.1) is 0 Å². The van der Waals surface area contributed by atoms with Crippen molar-refractivity contribution in [2.45, 2.75) is 58.7 Å². The summed E-state index contributed by atoms with van der Waals surface area (Å²) in [4.78, 5) is 11.4. The second kappa shape index (κ2) is 5.73. The molecule has 2 atom stereocenters. The average Bonchev–Trinajstić information content (AvgIpc) is 2.97. The lowest BCUT2D eigenvalue weighted by Crippen LogP contribution is -2.32. The van der Waals surface area contributed by atoms with Crippen LogP contribution in [-0.2, 0) is 6.54 Å². The van der Waals surface area contributed by atoms with E-state index in [2.05, 4.69) is 32.3 Å². The summed E-state index contributed by atoms with van der Waals surface area (Å²) >= 11 is 0. The van der Waals surface area contributed by atoms with E-state index in [1.54, 1.807) is 0 Å². The molecule has 5 nitrogen and oxygen atoms in total. The van der Waals surface area contributed by atoms with Crippen LogP contribution in [0.2, 0.25) is 0 Å². The molecule has 21 heavy (non-hydrogen) atoms. The molecule has 2 aromatic heterocycles. The van der Waals surface area contributed by atoms with E-state index in [0.717, 1.165) is 31.0 Å². The molecule has 1 aliphatic heterocycles. The zero-order valence-corrected chi connectivity index (χ0v) is 13.1. The Balaban J connectivity index is 1.85. The van der Waals surface area contributed by atoms with Gasteiger partial charge in [0, 0.05) is 24.0 Å². The van der Waals surface area contributed by atoms with E-state index < -0.39 is 0 Å². The summed E-state index contributed by atoms with van der Waals surface area (Å²) in [6, 6.07) is 2.57. The lowest BCUT2D eigenvalue weighted by molar-refractivity contribution is 0.130. The van der Waals surface area contributed by atoms with Crippen molar-refractivity contribution in [3.05, 3.63) is 29.3 Å². The summed E-state index contributed by atoms with van der Waals surface area (Å²) in [6.07, 6.45) is 4.95. The molecular formula is C16H24N4O. The van der Waals surface area contributed by atoms with Crippen LogP contribution in [0.15, 0.2) is 12.3 Å². The van der Waals surface area contributed by atoms with Crippen molar-refractivity contribution < 1.29 is 5.11 Å². The first-order chi connectivity index (χ1) is 10.0. The molecule has 114 valence electrons. The summed E-state index contributed by atoms with van der Waals surface area (Å²) in [7, 11) is 0. The van der Waals surface area contributed by atoms with E-state index in [-0.39, 0.29) is 6.10 Å². The summed E-state index contributed by atoms with van der Waals surface area (Å²) in [6.45, 7) is 7.96. The van der Waals surface area contributed by atoms with Gasteiger partial charge in [-0.25, -0.2) is 9.97 Å². The van der Waals surface area contributed by atoms with Gasteiger partial charge >= 0.3 is 0 Å². The van der Waals surface area contributed by atoms with E-state index in [0.29, 0.717) is 6.04 Å². The minimum Gasteiger partial charge on any atom is -0.393 e. The fraction of sp³-hybridized carbons (Fsp3) is 0.625. The molecule has 2 aromatic rings. The molecule has 0 aromatic carbocycles. The van der Waals surface area contributed by atoms with Gasteiger partial charge in [0.1, 0.15) is 0 Å². The van der Waals surface area contributed by atoms with E-state index in [1.807, 2.05) is 20.0 Å². The molecule has 5 heteroatoms. The monoisotopic (exact) mass is 288 g/mol. The Morgan fingerprint density at radius 2 is 2.24 bits per heavy atom. The quantitative estimate of drug-likeness (QED) is 0.936. The normalized spacial score (nSPS) is 21.2. The Labute approximate surface area is 125 Å². The van der Waals surface area contributed by atoms with Crippen molar-refractivity contribution in [1.82, 2.24) is 19.3 Å². The number of aromatic nitrogens is 3. The van der Waals surface area contributed by atoms with Gasteiger partial charge in [-0.05, 0) is 52.6 Å². The molecule has 0 saturated carbocycles. The van der Waals surface area contributed by atoms with Crippen LogP contribution in [0.25, 0.3) is 5.78 Å². The number of hydrogen-bond acceptors (Lipinski definition) is 4. The van der Waals surface area contributed by atoms with E-state index in [1.165, 1.54) is 24.2 Å². The minimum absolute atomic E-state index is 0.233. The smallest absolute Gasteiger partial charge is 0.234 e. The molecule has 2 unspecified atom stereocenters. The predicted octanol–water partition coefficient (Wildman–Crippen LogP) is 2.08. The van der Waals surface area contributed by atoms with Gasteiger partial charge < -0.3 is 5.11 Å². The number of rotatable bonds is 4. The molecule has 1 N–H and O–H groups in total. The molecule has 3 rings (SSSR count). The molecule has 0 spiro atoms. The van der Waals surface area contributed by atoms with Crippen LogP contribution in [0.4, 0.5) is 0 Å². The van der Waals surface area contributed by atoms with Gasteiger partial charge in [-0.1, -0.05) is 0 Å². The van der Waals surface area contributed by atoms with Crippen LogP contribution < -0.4 is 0 Å². The Kier molecular flexibility index (Phi) is 3.95. The number of imidazole rings is 1. The highest BCUT2D eigenvalue weighted by Gasteiger charge is 2.26. The van der Waals surface area contributed by atoms with Crippen molar-refractivity contribution in [1.29, 1.82) is 0 Å². The number of aryl methyl sites for hydroxylation is 2. The highest BCUT2D eigenvalue weighted by atomic mass is 16.3. The third-order valence-corrected chi connectivity index (χ3v) is 4.34. The fourth-order valence-corrected chi connectivity index (χ4v) is 3.48. The van der Waals surface area contributed by atoms with Gasteiger partial charge in [0.15, 0.2) is 0 Å². The van der Waals surface area contributed by atoms with Crippen LogP contribution in [0.5, 0.6) is 0 Å². The Hall–Kier alpha value is -1.46. The predicted molar refractivity (Wildman–Crippen MR) is 82.2 cm³/mol. The van der Waals surface area contributed by atoms with Gasteiger partial charge in [0.2, 0.25) is 5.78 Å². The van der Waals surface area contributed by atoms with Gasteiger partial charge in [0.25, 0.3) is 0 Å². The Morgan fingerprint density at radius 1 is 1.43 bits per heavy atom. The number of aliphatic hydroxyl groups is 1.